The van der Waals surface area contributed by atoms with Crippen molar-refractivity contribution in [1.82, 2.24) is 0 Å². The summed E-state index contributed by atoms with van der Waals surface area (Å²) in [6, 6.07) is 4.23. The van der Waals surface area contributed by atoms with Gasteiger partial charge >= 0.3 is 0 Å². The van der Waals surface area contributed by atoms with Gasteiger partial charge < -0.3 is 5.11 Å². The number of rotatable bonds is 2. The third-order valence-corrected chi connectivity index (χ3v) is 2.63. The molecule has 0 radical (unpaired) electrons. The first kappa shape index (κ1) is 10.0. The fraction of sp³-hybridized carbons (Fsp3) is 0.250. The molecule has 72 valence electrons. The lowest BCUT2D eigenvalue weighted by Gasteiger charge is -2.04. The first-order valence-corrected chi connectivity index (χ1v) is 5.19. The molecule has 13 heavy (non-hydrogen) atoms. The molecule has 0 heterocycles. The van der Waals surface area contributed by atoms with E-state index in [2.05, 4.69) is 0 Å². The van der Waals surface area contributed by atoms with Gasteiger partial charge in [0.05, 0.1) is 0 Å². The Morgan fingerprint density at radius 1 is 1.38 bits per heavy atom. The van der Waals surface area contributed by atoms with Crippen LogP contribution in [0, 0.1) is 0 Å². The lowest BCUT2D eigenvalue weighted by molar-refractivity contribution is 0.438. The number of hydrogen-bond acceptors (Lipinski definition) is 3. The Morgan fingerprint density at radius 2 is 2.00 bits per heavy atom. The minimum Gasteiger partial charge on any atom is -0.506 e. The second-order valence-corrected chi connectivity index (χ2v) is 3.98. The van der Waals surface area contributed by atoms with Crippen molar-refractivity contribution in [1.29, 1.82) is 0 Å². The summed E-state index contributed by atoms with van der Waals surface area (Å²) in [6.07, 6.45) is 0.509. The molecule has 0 aliphatic heterocycles. The molecular formula is C8H10O4S. The standard InChI is InChI=1S/C8H10O4S/c1-2-6-4-3-5-7(8(6)9)13(10,11)12/h3-5,9H,2H2,1H3,(H,10,11,12). The third kappa shape index (κ3) is 1.99. The normalized spacial score (nSPS) is 11.5. The van der Waals surface area contributed by atoms with Gasteiger partial charge in [-0.1, -0.05) is 19.1 Å². The van der Waals surface area contributed by atoms with Gasteiger partial charge in [0.15, 0.2) is 0 Å². The highest BCUT2D eigenvalue weighted by molar-refractivity contribution is 7.86. The number of para-hydroxylation sites is 1. The Labute approximate surface area is 76.6 Å². The monoisotopic (exact) mass is 202 g/mol. The zero-order valence-corrected chi connectivity index (χ0v) is 7.87. The Hall–Kier alpha value is -1.07. The van der Waals surface area contributed by atoms with Crippen molar-refractivity contribution >= 4 is 10.1 Å². The molecule has 1 aromatic rings. The predicted molar refractivity (Wildman–Crippen MR) is 47.3 cm³/mol. The summed E-state index contributed by atoms with van der Waals surface area (Å²) < 4.78 is 30.1. The SMILES string of the molecule is CCc1cccc(S(=O)(=O)O)c1O. The molecule has 5 heteroatoms. The van der Waals surface area contributed by atoms with Crippen LogP contribution in [0.3, 0.4) is 0 Å². The molecule has 0 spiro atoms. The van der Waals surface area contributed by atoms with Crippen LogP contribution < -0.4 is 0 Å². The maximum absolute atomic E-state index is 10.7. The molecule has 2 N–H and O–H groups in total. The van der Waals surface area contributed by atoms with E-state index in [1.165, 1.54) is 6.07 Å². The minimum atomic E-state index is -4.32. The second-order valence-electron chi connectivity index (χ2n) is 2.59. The summed E-state index contributed by atoms with van der Waals surface area (Å²) in [5.41, 5.74) is 0.495. The zero-order chi connectivity index (χ0) is 10.1. The number of benzene rings is 1. The molecule has 1 rings (SSSR count). The van der Waals surface area contributed by atoms with Gasteiger partial charge in [0.25, 0.3) is 10.1 Å². The Balaban J connectivity index is 3.41. The van der Waals surface area contributed by atoms with Gasteiger partial charge in [0.1, 0.15) is 10.6 Å². The number of phenolic OH excluding ortho intramolecular Hbond substituents is 1. The van der Waals surface area contributed by atoms with Crippen LogP contribution in [-0.2, 0) is 16.5 Å². The van der Waals surface area contributed by atoms with Gasteiger partial charge in [-0.3, -0.25) is 4.55 Å². The summed E-state index contributed by atoms with van der Waals surface area (Å²) in [4.78, 5) is -0.438. The highest BCUT2D eigenvalue weighted by Crippen LogP contribution is 2.26. The van der Waals surface area contributed by atoms with E-state index >= 15 is 0 Å². The summed E-state index contributed by atoms with van der Waals surface area (Å²) in [7, 11) is -4.32. The van der Waals surface area contributed by atoms with Crippen LogP contribution >= 0.6 is 0 Å². The first-order chi connectivity index (χ1) is 5.96. The number of hydrogen-bond donors (Lipinski definition) is 2. The molecule has 0 atom stereocenters. The number of phenols is 1. The summed E-state index contributed by atoms with van der Waals surface area (Å²) in [6.45, 7) is 1.78. The maximum atomic E-state index is 10.7. The smallest absolute Gasteiger partial charge is 0.298 e. The van der Waals surface area contributed by atoms with Crippen molar-refractivity contribution in [2.45, 2.75) is 18.2 Å². The van der Waals surface area contributed by atoms with Gasteiger partial charge in [-0.25, -0.2) is 0 Å². The first-order valence-electron chi connectivity index (χ1n) is 3.75. The molecule has 4 nitrogen and oxygen atoms in total. The Bertz CT molecular complexity index is 408. The van der Waals surface area contributed by atoms with E-state index in [0.29, 0.717) is 12.0 Å². The van der Waals surface area contributed by atoms with Gasteiger partial charge in [-0.2, -0.15) is 8.42 Å². The van der Waals surface area contributed by atoms with Crippen molar-refractivity contribution in [2.75, 3.05) is 0 Å². The fourth-order valence-electron chi connectivity index (χ4n) is 1.06. The van der Waals surface area contributed by atoms with Crippen LogP contribution in [0.4, 0.5) is 0 Å². The van der Waals surface area contributed by atoms with Crippen molar-refractivity contribution in [2.24, 2.45) is 0 Å². The van der Waals surface area contributed by atoms with E-state index in [4.69, 9.17) is 4.55 Å². The molecule has 0 fully saturated rings. The summed E-state index contributed by atoms with van der Waals surface area (Å²) >= 11 is 0. The van der Waals surface area contributed by atoms with Crippen molar-refractivity contribution in [3.63, 3.8) is 0 Å². The molecular weight excluding hydrogens is 192 g/mol. The molecule has 0 aliphatic carbocycles. The third-order valence-electron chi connectivity index (χ3n) is 1.74. The van der Waals surface area contributed by atoms with E-state index in [1.54, 1.807) is 13.0 Å². The van der Waals surface area contributed by atoms with E-state index in [-0.39, 0.29) is 5.75 Å². The minimum absolute atomic E-state index is 0.368. The van der Waals surface area contributed by atoms with Gasteiger partial charge in [0, 0.05) is 0 Å². The highest BCUT2D eigenvalue weighted by atomic mass is 32.2. The Morgan fingerprint density at radius 3 is 2.46 bits per heavy atom. The van der Waals surface area contributed by atoms with Crippen molar-refractivity contribution in [3.05, 3.63) is 23.8 Å². The van der Waals surface area contributed by atoms with Crippen LogP contribution in [0.2, 0.25) is 0 Å². The topological polar surface area (TPSA) is 74.6 Å². The predicted octanol–water partition coefficient (Wildman–Crippen LogP) is 1.20. The number of aromatic hydroxyl groups is 1. The average molecular weight is 202 g/mol. The zero-order valence-electron chi connectivity index (χ0n) is 7.06. The largest absolute Gasteiger partial charge is 0.506 e. The molecule has 1 aromatic carbocycles. The van der Waals surface area contributed by atoms with Gasteiger partial charge in [0.2, 0.25) is 0 Å². The van der Waals surface area contributed by atoms with Gasteiger partial charge in [-0.15, -0.1) is 0 Å². The molecule has 0 saturated heterocycles. The quantitative estimate of drug-likeness (QED) is 0.707. The molecule has 0 unspecified atom stereocenters. The summed E-state index contributed by atoms with van der Waals surface area (Å²) in [5.74, 6) is -0.368. The lowest BCUT2D eigenvalue weighted by Crippen LogP contribution is -1.99. The average Bonchev–Trinajstić information content (AvgIpc) is 2.02. The molecule has 0 saturated carbocycles. The van der Waals surface area contributed by atoms with Crippen LogP contribution in [0.5, 0.6) is 5.75 Å². The van der Waals surface area contributed by atoms with Crippen LogP contribution in [0.25, 0.3) is 0 Å². The maximum Gasteiger partial charge on any atom is 0.298 e. The Kier molecular flexibility index (Phi) is 2.58. The second kappa shape index (κ2) is 3.35. The molecule has 0 aliphatic rings. The van der Waals surface area contributed by atoms with Crippen LogP contribution in [0.1, 0.15) is 12.5 Å². The van der Waals surface area contributed by atoms with E-state index < -0.39 is 15.0 Å². The van der Waals surface area contributed by atoms with E-state index in [9.17, 15) is 13.5 Å². The van der Waals surface area contributed by atoms with Crippen LogP contribution in [0.15, 0.2) is 23.1 Å². The van der Waals surface area contributed by atoms with E-state index in [1.807, 2.05) is 0 Å². The highest BCUT2D eigenvalue weighted by Gasteiger charge is 2.16. The van der Waals surface area contributed by atoms with Crippen LogP contribution in [-0.4, -0.2) is 18.1 Å². The van der Waals surface area contributed by atoms with E-state index in [0.717, 1.165) is 6.07 Å². The van der Waals surface area contributed by atoms with Crippen molar-refractivity contribution < 1.29 is 18.1 Å². The molecule has 0 aromatic heterocycles. The lowest BCUT2D eigenvalue weighted by atomic mass is 10.1. The fourth-order valence-corrected chi connectivity index (χ4v) is 1.69. The summed E-state index contributed by atoms with van der Waals surface area (Å²) in [5, 5.41) is 9.39. The van der Waals surface area contributed by atoms with Gasteiger partial charge in [-0.05, 0) is 18.1 Å². The molecule has 0 amide bonds. The molecule has 0 bridgehead atoms. The number of aryl methyl sites for hydroxylation is 1. The van der Waals surface area contributed by atoms with Crippen molar-refractivity contribution in [3.8, 4) is 5.75 Å².